The average Bonchev–Trinajstić information content (AvgIpc) is 2.45. The molecular weight excluding hydrogens is 248 g/mol. The summed E-state index contributed by atoms with van der Waals surface area (Å²) in [4.78, 5) is 0. The van der Waals surface area contributed by atoms with Crippen molar-refractivity contribution in [2.24, 2.45) is 11.8 Å². The molecule has 0 saturated carbocycles. The minimum Gasteiger partial charge on any atom is -0.381 e. The highest BCUT2D eigenvalue weighted by molar-refractivity contribution is 4.56. The van der Waals surface area contributed by atoms with Gasteiger partial charge in [0, 0.05) is 19.8 Å². The van der Waals surface area contributed by atoms with Crippen molar-refractivity contribution in [1.82, 2.24) is 0 Å². The maximum atomic E-state index is 5.89. The first-order valence-electron chi connectivity index (χ1n) is 8.79. The second-order valence-corrected chi connectivity index (χ2v) is 6.50. The largest absolute Gasteiger partial charge is 0.381 e. The predicted octanol–water partition coefficient (Wildman–Crippen LogP) is 5.45. The lowest BCUT2D eigenvalue weighted by Crippen LogP contribution is -2.17. The molecule has 0 aliphatic rings. The van der Waals surface area contributed by atoms with E-state index in [1.807, 2.05) is 0 Å². The lowest BCUT2D eigenvalue weighted by atomic mass is 10.1. The second kappa shape index (κ2) is 13.9. The predicted molar refractivity (Wildman–Crippen MR) is 88.2 cm³/mol. The molecule has 0 bridgehead atoms. The average molecular weight is 286 g/mol. The molecule has 0 aliphatic carbocycles. The summed E-state index contributed by atoms with van der Waals surface area (Å²) in [7, 11) is 0. The van der Waals surface area contributed by atoms with E-state index in [-0.39, 0.29) is 0 Å². The molecule has 20 heavy (non-hydrogen) atoms. The van der Waals surface area contributed by atoms with E-state index in [1.54, 1.807) is 0 Å². The van der Waals surface area contributed by atoms with Crippen LogP contribution in [-0.2, 0) is 9.47 Å². The summed E-state index contributed by atoms with van der Waals surface area (Å²) >= 11 is 0. The molecule has 0 radical (unpaired) electrons. The van der Waals surface area contributed by atoms with Crippen LogP contribution >= 0.6 is 0 Å². The first-order chi connectivity index (χ1) is 9.60. The zero-order valence-electron chi connectivity index (χ0n) is 14.6. The number of rotatable bonds is 14. The van der Waals surface area contributed by atoms with Gasteiger partial charge in [-0.05, 0) is 38.0 Å². The molecule has 0 N–H and O–H groups in total. The maximum absolute atomic E-state index is 5.89. The smallest absolute Gasteiger partial charge is 0.0569 e. The molecule has 0 heterocycles. The van der Waals surface area contributed by atoms with Gasteiger partial charge in [0.1, 0.15) is 0 Å². The number of unbranched alkanes of at least 4 members (excludes halogenated alkanes) is 2. The van der Waals surface area contributed by atoms with Crippen LogP contribution in [0.5, 0.6) is 0 Å². The van der Waals surface area contributed by atoms with Crippen molar-refractivity contribution in [3.05, 3.63) is 0 Å². The first kappa shape index (κ1) is 19.9. The van der Waals surface area contributed by atoms with Crippen LogP contribution in [0.3, 0.4) is 0 Å². The Morgan fingerprint density at radius 2 is 1.30 bits per heavy atom. The quantitative estimate of drug-likeness (QED) is 0.395. The molecule has 0 aromatic carbocycles. The van der Waals surface area contributed by atoms with Crippen LogP contribution < -0.4 is 0 Å². The van der Waals surface area contributed by atoms with Gasteiger partial charge in [0.15, 0.2) is 0 Å². The Morgan fingerprint density at radius 3 is 1.85 bits per heavy atom. The van der Waals surface area contributed by atoms with Crippen LogP contribution in [0.2, 0.25) is 0 Å². The van der Waals surface area contributed by atoms with Crippen molar-refractivity contribution < 1.29 is 9.47 Å². The summed E-state index contributed by atoms with van der Waals surface area (Å²) in [6.07, 6.45) is 9.12. The van der Waals surface area contributed by atoms with E-state index in [2.05, 4.69) is 34.6 Å². The molecule has 2 nitrogen and oxygen atoms in total. The van der Waals surface area contributed by atoms with Gasteiger partial charge in [-0.15, -0.1) is 0 Å². The number of hydrogen-bond acceptors (Lipinski definition) is 2. The molecule has 2 heteroatoms. The molecule has 0 amide bonds. The second-order valence-electron chi connectivity index (χ2n) is 6.50. The van der Waals surface area contributed by atoms with Crippen molar-refractivity contribution in [3.8, 4) is 0 Å². The highest BCUT2D eigenvalue weighted by Gasteiger charge is 2.07. The Morgan fingerprint density at radius 1 is 0.750 bits per heavy atom. The molecule has 3 unspecified atom stereocenters. The fourth-order valence-electron chi connectivity index (χ4n) is 2.22. The number of hydrogen-bond donors (Lipinski definition) is 0. The van der Waals surface area contributed by atoms with Crippen LogP contribution in [0.15, 0.2) is 0 Å². The highest BCUT2D eigenvalue weighted by Crippen LogP contribution is 2.11. The Kier molecular flexibility index (Phi) is 13.8. The molecule has 0 fully saturated rings. The summed E-state index contributed by atoms with van der Waals surface area (Å²) in [6.45, 7) is 13.9. The summed E-state index contributed by atoms with van der Waals surface area (Å²) < 4.78 is 11.6. The third kappa shape index (κ3) is 12.9. The van der Waals surface area contributed by atoms with Gasteiger partial charge >= 0.3 is 0 Å². The molecule has 0 rings (SSSR count). The van der Waals surface area contributed by atoms with E-state index in [0.717, 1.165) is 26.2 Å². The van der Waals surface area contributed by atoms with Crippen LogP contribution in [-0.4, -0.2) is 25.9 Å². The van der Waals surface area contributed by atoms with E-state index >= 15 is 0 Å². The van der Waals surface area contributed by atoms with Crippen molar-refractivity contribution >= 4 is 0 Å². The summed E-state index contributed by atoms with van der Waals surface area (Å²) in [5.74, 6) is 1.38. The van der Waals surface area contributed by atoms with Gasteiger partial charge in [-0.1, -0.05) is 53.4 Å². The van der Waals surface area contributed by atoms with Crippen LogP contribution in [0.25, 0.3) is 0 Å². The summed E-state index contributed by atoms with van der Waals surface area (Å²) in [6, 6.07) is 0. The monoisotopic (exact) mass is 286 g/mol. The molecule has 0 aliphatic heterocycles. The van der Waals surface area contributed by atoms with Gasteiger partial charge in [0.2, 0.25) is 0 Å². The fraction of sp³-hybridized carbons (Fsp3) is 1.00. The van der Waals surface area contributed by atoms with Gasteiger partial charge in [-0.2, -0.15) is 0 Å². The lowest BCUT2D eigenvalue weighted by Gasteiger charge is -2.17. The molecule has 0 aromatic rings. The Balaban J connectivity index is 3.42. The van der Waals surface area contributed by atoms with E-state index in [1.165, 1.54) is 38.5 Å². The molecular formula is C18H38O2. The zero-order valence-corrected chi connectivity index (χ0v) is 14.6. The third-order valence-corrected chi connectivity index (χ3v) is 3.84. The van der Waals surface area contributed by atoms with E-state index in [4.69, 9.17) is 9.47 Å². The Hall–Kier alpha value is -0.0800. The van der Waals surface area contributed by atoms with Crippen LogP contribution in [0.1, 0.15) is 79.6 Å². The third-order valence-electron chi connectivity index (χ3n) is 3.84. The van der Waals surface area contributed by atoms with Gasteiger partial charge in [-0.25, -0.2) is 0 Å². The fourth-order valence-corrected chi connectivity index (χ4v) is 2.22. The van der Waals surface area contributed by atoms with Gasteiger partial charge in [-0.3, -0.25) is 0 Å². The molecule has 0 spiro atoms. The van der Waals surface area contributed by atoms with Crippen molar-refractivity contribution in [2.75, 3.05) is 19.8 Å². The summed E-state index contributed by atoms with van der Waals surface area (Å²) in [5.41, 5.74) is 0. The molecule has 0 aromatic heterocycles. The normalized spacial score (nSPS) is 16.1. The van der Waals surface area contributed by atoms with Crippen molar-refractivity contribution in [2.45, 2.75) is 85.7 Å². The van der Waals surface area contributed by atoms with E-state index in [0.29, 0.717) is 17.9 Å². The van der Waals surface area contributed by atoms with E-state index in [9.17, 15) is 0 Å². The SMILES string of the molecule is CCCCC(C)COCCC(C)OCC(C)CCCC. The van der Waals surface area contributed by atoms with Crippen LogP contribution in [0.4, 0.5) is 0 Å². The minimum absolute atomic E-state index is 0.324. The van der Waals surface area contributed by atoms with Gasteiger partial charge in [0.25, 0.3) is 0 Å². The topological polar surface area (TPSA) is 18.5 Å². The lowest BCUT2D eigenvalue weighted by molar-refractivity contribution is 0.0105. The standard InChI is InChI=1S/C18H38O2/c1-6-8-10-16(3)14-19-13-12-18(5)20-15-17(4)11-9-7-2/h16-18H,6-15H2,1-5H3. The Bertz CT molecular complexity index is 194. The zero-order chi connectivity index (χ0) is 15.2. The highest BCUT2D eigenvalue weighted by atomic mass is 16.5. The van der Waals surface area contributed by atoms with E-state index < -0.39 is 0 Å². The van der Waals surface area contributed by atoms with Gasteiger partial charge < -0.3 is 9.47 Å². The minimum atomic E-state index is 0.324. The molecule has 3 atom stereocenters. The van der Waals surface area contributed by atoms with Gasteiger partial charge in [0.05, 0.1) is 6.10 Å². The first-order valence-corrected chi connectivity index (χ1v) is 8.79. The van der Waals surface area contributed by atoms with Crippen molar-refractivity contribution in [3.63, 3.8) is 0 Å². The molecule has 122 valence electrons. The summed E-state index contributed by atoms with van der Waals surface area (Å²) in [5, 5.41) is 0. The Labute approximate surface area is 127 Å². The number of ether oxygens (including phenoxy) is 2. The van der Waals surface area contributed by atoms with Crippen LogP contribution in [0, 0.1) is 11.8 Å². The maximum Gasteiger partial charge on any atom is 0.0569 e. The van der Waals surface area contributed by atoms with Crippen molar-refractivity contribution in [1.29, 1.82) is 0 Å². The molecule has 0 saturated heterocycles.